The van der Waals surface area contributed by atoms with Gasteiger partial charge in [0, 0.05) is 18.8 Å². The Morgan fingerprint density at radius 3 is 2.96 bits per heavy atom. The smallest absolute Gasteiger partial charge is 0.244 e. The average Bonchev–Trinajstić information content (AvgIpc) is 2.69. The Kier molecular flexibility index (Phi) is 4.91. The van der Waals surface area contributed by atoms with E-state index in [0.717, 1.165) is 38.2 Å². The van der Waals surface area contributed by atoms with Gasteiger partial charge in [-0.2, -0.15) is 10.1 Å². The second-order valence-electron chi connectivity index (χ2n) is 6.81. The molecular weight excluding hydrogens is 310 g/mol. The molecule has 25 heavy (non-hydrogen) atoms. The van der Waals surface area contributed by atoms with Crippen LogP contribution in [0.15, 0.2) is 42.1 Å². The van der Waals surface area contributed by atoms with E-state index in [9.17, 15) is 0 Å². The van der Waals surface area contributed by atoms with Crippen molar-refractivity contribution in [2.75, 3.05) is 23.3 Å². The van der Waals surface area contributed by atoms with Crippen molar-refractivity contribution in [2.45, 2.75) is 44.9 Å². The van der Waals surface area contributed by atoms with E-state index < -0.39 is 0 Å². The minimum absolute atomic E-state index is 0.622. The fraction of sp³-hybridized carbons (Fsp3) is 0.450. The van der Waals surface area contributed by atoms with Crippen molar-refractivity contribution < 1.29 is 0 Å². The van der Waals surface area contributed by atoms with E-state index in [2.05, 4.69) is 50.8 Å². The standard InChI is InChI=1S/C20H25N5/c1-2-7-16(8-3-1)12-13-21-20-23-19(15-22-24-20)25-14-6-10-17-9-4-5-11-18(17)25/h4-5,7,9,11,15H,1-3,6,8,10,12-14H2,(H,21,23,24). The number of para-hydroxylation sites is 1. The van der Waals surface area contributed by atoms with Gasteiger partial charge in [0.05, 0.1) is 6.20 Å². The summed E-state index contributed by atoms with van der Waals surface area (Å²) < 4.78 is 0. The van der Waals surface area contributed by atoms with Crippen LogP contribution in [-0.2, 0) is 6.42 Å². The first-order chi connectivity index (χ1) is 12.4. The number of allylic oxidation sites excluding steroid dienone is 1. The molecule has 0 fully saturated rings. The molecule has 2 aliphatic rings. The average molecular weight is 335 g/mol. The molecule has 130 valence electrons. The van der Waals surface area contributed by atoms with Crippen molar-refractivity contribution in [3.63, 3.8) is 0 Å². The Balaban J connectivity index is 1.44. The Morgan fingerprint density at radius 2 is 2.04 bits per heavy atom. The Hall–Kier alpha value is -2.43. The van der Waals surface area contributed by atoms with Crippen LogP contribution in [0.25, 0.3) is 0 Å². The second kappa shape index (κ2) is 7.64. The fourth-order valence-electron chi connectivity index (χ4n) is 3.74. The van der Waals surface area contributed by atoms with Gasteiger partial charge in [-0.1, -0.05) is 29.8 Å². The lowest BCUT2D eigenvalue weighted by atomic mass is 9.97. The third-order valence-electron chi connectivity index (χ3n) is 5.05. The topological polar surface area (TPSA) is 53.9 Å². The monoisotopic (exact) mass is 335 g/mol. The van der Waals surface area contributed by atoms with Crippen LogP contribution in [0.5, 0.6) is 0 Å². The van der Waals surface area contributed by atoms with Crippen molar-refractivity contribution in [1.29, 1.82) is 0 Å². The summed E-state index contributed by atoms with van der Waals surface area (Å²) in [5, 5.41) is 11.7. The largest absolute Gasteiger partial charge is 0.353 e. The molecule has 5 nitrogen and oxygen atoms in total. The molecule has 2 heterocycles. The molecule has 1 aliphatic heterocycles. The number of benzene rings is 1. The molecule has 0 amide bonds. The van der Waals surface area contributed by atoms with E-state index in [0.29, 0.717) is 5.95 Å². The molecule has 0 unspecified atom stereocenters. The number of fused-ring (bicyclic) bond motifs is 1. The molecule has 1 aliphatic carbocycles. The number of nitrogens with zero attached hydrogens (tertiary/aromatic N) is 4. The van der Waals surface area contributed by atoms with E-state index in [-0.39, 0.29) is 0 Å². The van der Waals surface area contributed by atoms with Crippen LogP contribution in [0, 0.1) is 0 Å². The van der Waals surface area contributed by atoms with E-state index in [4.69, 9.17) is 4.98 Å². The molecule has 1 N–H and O–H groups in total. The summed E-state index contributed by atoms with van der Waals surface area (Å²) in [6.07, 6.45) is 12.6. The summed E-state index contributed by atoms with van der Waals surface area (Å²) in [5.74, 6) is 1.50. The van der Waals surface area contributed by atoms with Crippen LogP contribution in [0.3, 0.4) is 0 Å². The summed E-state index contributed by atoms with van der Waals surface area (Å²) in [4.78, 5) is 6.95. The van der Waals surface area contributed by atoms with Gasteiger partial charge in [0.1, 0.15) is 0 Å². The van der Waals surface area contributed by atoms with Gasteiger partial charge in [0.25, 0.3) is 0 Å². The lowest BCUT2D eigenvalue weighted by Gasteiger charge is -2.30. The quantitative estimate of drug-likeness (QED) is 0.828. The van der Waals surface area contributed by atoms with Gasteiger partial charge in [-0.25, -0.2) is 0 Å². The SMILES string of the molecule is C1=C(CCNc2nncc(N3CCCc4ccccc43)n2)CCCC1. The van der Waals surface area contributed by atoms with Gasteiger partial charge >= 0.3 is 0 Å². The normalized spacial score (nSPS) is 17.0. The van der Waals surface area contributed by atoms with Gasteiger partial charge in [0.15, 0.2) is 5.82 Å². The van der Waals surface area contributed by atoms with E-state index in [1.807, 2.05) is 0 Å². The number of aryl methyl sites for hydroxylation is 1. The Morgan fingerprint density at radius 1 is 1.08 bits per heavy atom. The lowest BCUT2D eigenvalue weighted by Crippen LogP contribution is -2.26. The zero-order valence-electron chi connectivity index (χ0n) is 14.6. The minimum Gasteiger partial charge on any atom is -0.353 e. The van der Waals surface area contributed by atoms with Crippen LogP contribution >= 0.6 is 0 Å². The third kappa shape index (κ3) is 3.81. The fourth-order valence-corrected chi connectivity index (χ4v) is 3.74. The highest BCUT2D eigenvalue weighted by molar-refractivity contribution is 5.65. The molecule has 0 radical (unpaired) electrons. The zero-order chi connectivity index (χ0) is 16.9. The molecule has 4 rings (SSSR count). The van der Waals surface area contributed by atoms with Crippen LogP contribution in [-0.4, -0.2) is 28.3 Å². The van der Waals surface area contributed by atoms with Crippen molar-refractivity contribution in [1.82, 2.24) is 15.2 Å². The maximum absolute atomic E-state index is 4.70. The van der Waals surface area contributed by atoms with Gasteiger partial charge in [-0.05, 0) is 56.6 Å². The molecule has 0 saturated heterocycles. The van der Waals surface area contributed by atoms with Crippen LogP contribution in [0.4, 0.5) is 17.5 Å². The first-order valence-corrected chi connectivity index (χ1v) is 9.37. The number of aromatic nitrogens is 3. The first kappa shape index (κ1) is 16.1. The van der Waals surface area contributed by atoms with Gasteiger partial charge in [-0.3, -0.25) is 0 Å². The van der Waals surface area contributed by atoms with Gasteiger partial charge in [-0.15, -0.1) is 5.10 Å². The summed E-state index contributed by atoms with van der Waals surface area (Å²) in [6, 6.07) is 8.56. The third-order valence-corrected chi connectivity index (χ3v) is 5.05. The first-order valence-electron chi connectivity index (χ1n) is 9.37. The predicted molar refractivity (Wildman–Crippen MR) is 101 cm³/mol. The molecule has 1 aromatic heterocycles. The number of anilines is 3. The van der Waals surface area contributed by atoms with E-state index in [1.165, 1.54) is 36.9 Å². The number of hydrogen-bond donors (Lipinski definition) is 1. The van der Waals surface area contributed by atoms with Crippen LogP contribution in [0.1, 0.15) is 44.1 Å². The molecular formula is C20H25N5. The predicted octanol–water partition coefficient (Wildman–Crippen LogP) is 4.26. The van der Waals surface area contributed by atoms with Crippen LogP contribution < -0.4 is 10.2 Å². The lowest BCUT2D eigenvalue weighted by molar-refractivity contribution is 0.678. The Labute approximate surface area is 149 Å². The molecule has 0 spiro atoms. The minimum atomic E-state index is 0.622. The molecule has 2 aromatic rings. The highest BCUT2D eigenvalue weighted by atomic mass is 15.3. The highest BCUT2D eigenvalue weighted by Gasteiger charge is 2.19. The molecule has 0 saturated carbocycles. The highest BCUT2D eigenvalue weighted by Crippen LogP contribution is 2.32. The zero-order valence-corrected chi connectivity index (χ0v) is 14.6. The summed E-state index contributed by atoms with van der Waals surface area (Å²) in [7, 11) is 0. The Bertz CT molecular complexity index is 755. The second-order valence-corrected chi connectivity index (χ2v) is 6.81. The number of nitrogens with one attached hydrogen (secondary N) is 1. The molecule has 0 atom stereocenters. The van der Waals surface area contributed by atoms with E-state index >= 15 is 0 Å². The van der Waals surface area contributed by atoms with Crippen LogP contribution in [0.2, 0.25) is 0 Å². The molecule has 1 aromatic carbocycles. The summed E-state index contributed by atoms with van der Waals surface area (Å²) in [5.41, 5.74) is 4.19. The van der Waals surface area contributed by atoms with Crippen molar-refractivity contribution in [2.24, 2.45) is 0 Å². The van der Waals surface area contributed by atoms with Gasteiger partial charge in [0.2, 0.25) is 5.95 Å². The van der Waals surface area contributed by atoms with Crippen molar-refractivity contribution in [3.8, 4) is 0 Å². The maximum Gasteiger partial charge on any atom is 0.244 e. The van der Waals surface area contributed by atoms with E-state index in [1.54, 1.807) is 11.8 Å². The number of hydrogen-bond acceptors (Lipinski definition) is 5. The number of rotatable bonds is 5. The van der Waals surface area contributed by atoms with Crippen molar-refractivity contribution in [3.05, 3.63) is 47.7 Å². The van der Waals surface area contributed by atoms with Crippen molar-refractivity contribution >= 4 is 17.5 Å². The summed E-state index contributed by atoms with van der Waals surface area (Å²) >= 11 is 0. The van der Waals surface area contributed by atoms with Gasteiger partial charge < -0.3 is 10.2 Å². The maximum atomic E-state index is 4.70. The molecule has 5 heteroatoms. The summed E-state index contributed by atoms with van der Waals surface area (Å²) in [6.45, 7) is 1.84. The molecule has 0 bridgehead atoms.